The van der Waals surface area contributed by atoms with E-state index < -0.39 is 9.84 Å². The first-order chi connectivity index (χ1) is 17.5. The number of sulfone groups is 1. The number of rotatable bonds is 6. The highest BCUT2D eigenvalue weighted by atomic mass is 79.9. The number of phenols is 2. The second-order valence-corrected chi connectivity index (χ2v) is 13.1. The average molecular weight is 772 g/mol. The summed E-state index contributed by atoms with van der Waals surface area (Å²) in [5.74, 6) is 0.112. The summed E-state index contributed by atoms with van der Waals surface area (Å²) in [6.45, 7) is 0. The number of nitrogens with zero attached hydrogens (tertiary/aromatic N) is 2. The molecular formula is C26H16Br4N2O4S. The Morgan fingerprint density at radius 1 is 0.595 bits per heavy atom. The van der Waals surface area contributed by atoms with Gasteiger partial charge in [-0.1, -0.05) is 31.9 Å². The number of benzene rings is 4. The van der Waals surface area contributed by atoms with Crippen molar-refractivity contribution in [3.63, 3.8) is 0 Å². The summed E-state index contributed by atoms with van der Waals surface area (Å²) in [6.07, 6.45) is 3.00. The van der Waals surface area contributed by atoms with Crippen LogP contribution in [0.4, 0.5) is 11.4 Å². The molecule has 4 aromatic carbocycles. The van der Waals surface area contributed by atoms with Crippen molar-refractivity contribution in [3.8, 4) is 11.5 Å². The maximum atomic E-state index is 13.1. The zero-order chi connectivity index (χ0) is 26.7. The highest BCUT2D eigenvalue weighted by Crippen LogP contribution is 2.32. The molecule has 0 heterocycles. The summed E-state index contributed by atoms with van der Waals surface area (Å²) in [6, 6.07) is 19.2. The minimum absolute atomic E-state index is 0.0558. The average Bonchev–Trinajstić information content (AvgIpc) is 2.87. The van der Waals surface area contributed by atoms with Gasteiger partial charge in [-0.2, -0.15) is 0 Å². The van der Waals surface area contributed by atoms with Gasteiger partial charge in [-0.15, -0.1) is 0 Å². The SMILES string of the molecule is O=S(=O)(c1ccc(N=Cc2cc(Br)cc(Br)c2O)cc1)c1ccc(N=Cc2cc(Br)cc(Br)c2O)cc1. The molecule has 0 bridgehead atoms. The van der Waals surface area contributed by atoms with Crippen molar-refractivity contribution < 1.29 is 18.6 Å². The number of aromatic hydroxyl groups is 2. The topological polar surface area (TPSA) is 99.3 Å². The number of hydrogen-bond acceptors (Lipinski definition) is 6. The zero-order valence-corrected chi connectivity index (χ0v) is 25.8. The van der Waals surface area contributed by atoms with Gasteiger partial charge in [-0.05, 0) is 105 Å². The monoisotopic (exact) mass is 768 g/mol. The molecule has 0 spiro atoms. The van der Waals surface area contributed by atoms with E-state index in [1.807, 2.05) is 0 Å². The molecule has 6 nitrogen and oxygen atoms in total. The molecule has 0 aliphatic heterocycles. The Labute approximate surface area is 247 Å². The van der Waals surface area contributed by atoms with Crippen LogP contribution in [-0.2, 0) is 9.84 Å². The molecule has 0 saturated carbocycles. The predicted molar refractivity (Wildman–Crippen MR) is 160 cm³/mol. The Morgan fingerprint density at radius 2 is 0.946 bits per heavy atom. The molecule has 37 heavy (non-hydrogen) atoms. The van der Waals surface area contributed by atoms with Crippen LogP contribution in [0.5, 0.6) is 11.5 Å². The molecule has 2 N–H and O–H groups in total. The highest BCUT2D eigenvalue weighted by Gasteiger charge is 2.17. The van der Waals surface area contributed by atoms with Gasteiger partial charge in [0.2, 0.25) is 9.84 Å². The van der Waals surface area contributed by atoms with Crippen LogP contribution in [0.25, 0.3) is 0 Å². The zero-order valence-electron chi connectivity index (χ0n) is 18.6. The first-order valence-corrected chi connectivity index (χ1v) is 15.1. The standard InChI is InChI=1S/C26H16Br4N2O4S/c27-17-9-15(25(33)23(29)11-17)13-31-19-1-5-21(6-2-19)37(35,36)22-7-3-20(4-8-22)32-14-16-10-18(28)12-24(30)26(16)34/h1-14,33-34H. The molecule has 188 valence electrons. The van der Waals surface area contributed by atoms with Crippen molar-refractivity contribution in [2.75, 3.05) is 0 Å². The number of aliphatic imine (C=N–C) groups is 2. The van der Waals surface area contributed by atoms with Crippen molar-refractivity contribution in [1.82, 2.24) is 0 Å². The van der Waals surface area contributed by atoms with Crippen LogP contribution >= 0.6 is 63.7 Å². The third-order valence-electron chi connectivity index (χ3n) is 5.11. The van der Waals surface area contributed by atoms with Crippen molar-refractivity contribution in [1.29, 1.82) is 0 Å². The molecule has 0 aromatic heterocycles. The summed E-state index contributed by atoms with van der Waals surface area (Å²) in [7, 11) is -3.75. The molecule has 11 heteroatoms. The van der Waals surface area contributed by atoms with Crippen molar-refractivity contribution in [2.45, 2.75) is 9.79 Å². The van der Waals surface area contributed by atoms with E-state index in [9.17, 15) is 18.6 Å². The number of halogens is 4. The fraction of sp³-hybridized carbons (Fsp3) is 0. The molecule has 0 atom stereocenters. The van der Waals surface area contributed by atoms with Gasteiger partial charge in [0.05, 0.1) is 30.1 Å². The van der Waals surface area contributed by atoms with E-state index in [2.05, 4.69) is 73.7 Å². The maximum absolute atomic E-state index is 13.1. The molecule has 0 unspecified atom stereocenters. The smallest absolute Gasteiger partial charge is 0.206 e. The summed E-state index contributed by atoms with van der Waals surface area (Å²) >= 11 is 13.3. The van der Waals surface area contributed by atoms with E-state index in [0.717, 1.165) is 8.95 Å². The lowest BCUT2D eigenvalue weighted by molar-refractivity contribution is 0.470. The molecule has 0 saturated heterocycles. The summed E-state index contributed by atoms with van der Waals surface area (Å²) < 4.78 is 28.8. The van der Waals surface area contributed by atoms with E-state index in [-0.39, 0.29) is 21.3 Å². The Morgan fingerprint density at radius 3 is 1.30 bits per heavy atom. The normalized spacial score (nSPS) is 12.0. The van der Waals surface area contributed by atoms with Crippen molar-refractivity contribution in [3.05, 3.63) is 102 Å². The Bertz CT molecular complexity index is 1520. The molecule has 4 aromatic rings. The molecule has 4 rings (SSSR count). The van der Waals surface area contributed by atoms with Gasteiger partial charge in [0, 0.05) is 32.5 Å². The van der Waals surface area contributed by atoms with Gasteiger partial charge < -0.3 is 10.2 Å². The third kappa shape index (κ3) is 6.58. The molecule has 0 aliphatic carbocycles. The van der Waals surface area contributed by atoms with Gasteiger partial charge in [-0.3, -0.25) is 9.98 Å². The lowest BCUT2D eigenvalue weighted by Crippen LogP contribution is -2.01. The quantitative estimate of drug-likeness (QED) is 0.192. The minimum atomic E-state index is -3.75. The Hall–Kier alpha value is -2.31. The Kier molecular flexibility index (Phi) is 8.70. The van der Waals surface area contributed by atoms with Crippen LogP contribution in [0.15, 0.2) is 110 Å². The molecule has 0 radical (unpaired) electrons. The van der Waals surface area contributed by atoms with Crippen LogP contribution in [0.2, 0.25) is 0 Å². The van der Waals surface area contributed by atoms with Crippen LogP contribution in [0.1, 0.15) is 11.1 Å². The summed E-state index contributed by atoms with van der Waals surface area (Å²) in [5.41, 5.74) is 2.06. The van der Waals surface area contributed by atoms with E-state index in [4.69, 9.17) is 0 Å². The highest BCUT2D eigenvalue weighted by molar-refractivity contribution is 9.11. The van der Waals surface area contributed by atoms with E-state index in [1.165, 1.54) is 36.7 Å². The van der Waals surface area contributed by atoms with E-state index >= 15 is 0 Å². The molecule has 0 aliphatic rings. The van der Waals surface area contributed by atoms with Crippen molar-refractivity contribution >= 4 is 97.4 Å². The molecule has 0 fully saturated rings. The fourth-order valence-electron chi connectivity index (χ4n) is 3.22. The van der Waals surface area contributed by atoms with Gasteiger partial charge in [0.1, 0.15) is 11.5 Å². The van der Waals surface area contributed by atoms with Crippen LogP contribution in [0.3, 0.4) is 0 Å². The first kappa shape index (κ1) is 27.7. The van der Waals surface area contributed by atoms with Gasteiger partial charge >= 0.3 is 0 Å². The molecular weight excluding hydrogens is 756 g/mol. The minimum Gasteiger partial charge on any atom is -0.506 e. The third-order valence-corrected chi connectivity index (χ3v) is 9.02. The predicted octanol–water partition coefficient (Wildman–Crippen LogP) is 8.48. The van der Waals surface area contributed by atoms with Gasteiger partial charge in [-0.25, -0.2) is 8.42 Å². The van der Waals surface area contributed by atoms with Crippen LogP contribution in [0, 0.1) is 0 Å². The van der Waals surface area contributed by atoms with Gasteiger partial charge in [0.25, 0.3) is 0 Å². The second-order valence-electron chi connectivity index (χ2n) is 7.66. The van der Waals surface area contributed by atoms with E-state index in [0.29, 0.717) is 31.4 Å². The lowest BCUT2D eigenvalue weighted by Gasteiger charge is -2.06. The number of phenolic OH excluding ortho intramolecular Hbond substituents is 2. The first-order valence-electron chi connectivity index (χ1n) is 10.4. The number of hydrogen-bond donors (Lipinski definition) is 2. The maximum Gasteiger partial charge on any atom is 0.206 e. The summed E-state index contributed by atoms with van der Waals surface area (Å²) in [5, 5.41) is 20.3. The molecule has 0 amide bonds. The summed E-state index contributed by atoms with van der Waals surface area (Å²) in [4.78, 5) is 8.91. The Balaban J connectivity index is 1.51. The largest absolute Gasteiger partial charge is 0.506 e. The van der Waals surface area contributed by atoms with Crippen molar-refractivity contribution in [2.24, 2.45) is 9.98 Å². The van der Waals surface area contributed by atoms with Crippen LogP contribution < -0.4 is 0 Å². The van der Waals surface area contributed by atoms with Gasteiger partial charge in [0.15, 0.2) is 0 Å². The van der Waals surface area contributed by atoms with E-state index in [1.54, 1.807) is 48.5 Å². The van der Waals surface area contributed by atoms with Crippen LogP contribution in [-0.4, -0.2) is 31.1 Å². The fourth-order valence-corrected chi connectivity index (χ4v) is 6.99. The second kappa shape index (κ2) is 11.6. The lowest BCUT2D eigenvalue weighted by atomic mass is 10.2.